The van der Waals surface area contributed by atoms with Gasteiger partial charge in [0.05, 0.1) is 19.6 Å². The number of fused-ring (bicyclic) bond motifs is 1. The number of pyridine rings is 1. The molecule has 0 bridgehead atoms. The van der Waals surface area contributed by atoms with Crippen LogP contribution in [0.25, 0.3) is 10.9 Å². The topological polar surface area (TPSA) is 68.1 Å². The monoisotopic (exact) mass is 363 g/mol. The maximum absolute atomic E-state index is 11.4. The van der Waals surface area contributed by atoms with Gasteiger partial charge in [0.15, 0.2) is 0 Å². The van der Waals surface area contributed by atoms with Crippen molar-refractivity contribution in [2.24, 2.45) is 0 Å². The molecule has 106 valence electrons. The van der Waals surface area contributed by atoms with Gasteiger partial charge >= 0.3 is 5.69 Å². The predicted molar refractivity (Wildman–Crippen MR) is 87.7 cm³/mol. The van der Waals surface area contributed by atoms with Gasteiger partial charge < -0.3 is 5.32 Å². The molecule has 21 heavy (non-hydrogen) atoms. The van der Waals surface area contributed by atoms with Gasteiger partial charge in [0.2, 0.25) is 0 Å². The molecule has 0 unspecified atom stereocenters. The lowest BCUT2D eigenvalue weighted by molar-refractivity contribution is -0.382. The van der Waals surface area contributed by atoms with Crippen molar-refractivity contribution in [3.05, 3.63) is 61.4 Å². The van der Waals surface area contributed by atoms with Gasteiger partial charge in [-0.3, -0.25) is 15.1 Å². The minimum absolute atomic E-state index is 0.0659. The van der Waals surface area contributed by atoms with Crippen LogP contribution in [0.4, 0.5) is 11.4 Å². The first kappa shape index (κ1) is 14.0. The maximum atomic E-state index is 11.4. The van der Waals surface area contributed by atoms with Crippen LogP contribution in [-0.4, -0.2) is 9.91 Å². The average Bonchev–Trinajstić information content (AvgIpc) is 2.89. The molecule has 5 nitrogen and oxygen atoms in total. The number of anilines is 1. The van der Waals surface area contributed by atoms with Crippen LogP contribution in [0.3, 0.4) is 0 Å². The van der Waals surface area contributed by atoms with E-state index in [4.69, 9.17) is 0 Å². The number of benzene rings is 1. The van der Waals surface area contributed by atoms with Crippen molar-refractivity contribution in [3.8, 4) is 0 Å². The summed E-state index contributed by atoms with van der Waals surface area (Å²) in [5.74, 6) is 0. The number of hydrogen-bond acceptors (Lipinski definition) is 5. The molecule has 0 saturated carbocycles. The van der Waals surface area contributed by atoms with Crippen LogP contribution in [-0.2, 0) is 6.54 Å². The first-order valence-corrected chi connectivity index (χ1v) is 7.76. The largest absolute Gasteiger partial charge is 0.375 e. The minimum Gasteiger partial charge on any atom is -0.375 e. The summed E-state index contributed by atoms with van der Waals surface area (Å²) in [5.41, 5.74) is 1.19. The van der Waals surface area contributed by atoms with E-state index in [2.05, 4.69) is 26.2 Å². The summed E-state index contributed by atoms with van der Waals surface area (Å²) in [7, 11) is 0. The van der Waals surface area contributed by atoms with E-state index in [9.17, 15) is 10.1 Å². The number of rotatable bonds is 4. The lowest BCUT2D eigenvalue weighted by atomic mass is 10.1. The fraction of sp³-hybridized carbons (Fsp3) is 0.0714. The third-order valence-electron chi connectivity index (χ3n) is 3.02. The van der Waals surface area contributed by atoms with Crippen LogP contribution < -0.4 is 5.32 Å². The van der Waals surface area contributed by atoms with Crippen LogP contribution in [0.15, 0.2) is 46.4 Å². The predicted octanol–water partition coefficient (Wildman–Crippen LogP) is 4.58. The second-order valence-electron chi connectivity index (χ2n) is 4.35. The highest BCUT2D eigenvalue weighted by Gasteiger charge is 2.18. The van der Waals surface area contributed by atoms with E-state index in [0.717, 1.165) is 8.66 Å². The highest BCUT2D eigenvalue weighted by atomic mass is 79.9. The van der Waals surface area contributed by atoms with Gasteiger partial charge in [-0.1, -0.05) is 0 Å². The van der Waals surface area contributed by atoms with E-state index < -0.39 is 0 Å². The molecular weight excluding hydrogens is 354 g/mol. The Morgan fingerprint density at radius 3 is 2.86 bits per heavy atom. The van der Waals surface area contributed by atoms with E-state index in [1.807, 2.05) is 12.1 Å². The van der Waals surface area contributed by atoms with Crippen molar-refractivity contribution in [2.75, 3.05) is 5.32 Å². The molecule has 0 amide bonds. The summed E-state index contributed by atoms with van der Waals surface area (Å²) < 4.78 is 1.04. The van der Waals surface area contributed by atoms with Gasteiger partial charge in [0.1, 0.15) is 5.69 Å². The van der Waals surface area contributed by atoms with Gasteiger partial charge in [0.25, 0.3) is 0 Å². The number of aromatic nitrogens is 1. The van der Waals surface area contributed by atoms with Gasteiger partial charge in [-0.15, -0.1) is 11.3 Å². The lowest BCUT2D eigenvalue weighted by Gasteiger charge is -2.07. The molecule has 0 aliphatic rings. The number of nitro benzene ring substituents is 1. The van der Waals surface area contributed by atoms with E-state index in [0.29, 0.717) is 23.1 Å². The zero-order valence-electron chi connectivity index (χ0n) is 10.7. The molecule has 0 aliphatic carbocycles. The van der Waals surface area contributed by atoms with Crippen LogP contribution in [0.1, 0.15) is 4.88 Å². The van der Waals surface area contributed by atoms with Gasteiger partial charge in [-0.05, 0) is 52.3 Å². The smallest absolute Gasteiger partial charge is 0.301 e. The van der Waals surface area contributed by atoms with E-state index in [1.54, 1.807) is 41.8 Å². The summed E-state index contributed by atoms with van der Waals surface area (Å²) in [4.78, 5) is 16.3. The first-order valence-electron chi connectivity index (χ1n) is 6.15. The van der Waals surface area contributed by atoms with Gasteiger partial charge in [-0.2, -0.15) is 0 Å². The summed E-state index contributed by atoms with van der Waals surface area (Å²) in [5, 5.41) is 15.1. The van der Waals surface area contributed by atoms with Crippen molar-refractivity contribution in [2.45, 2.75) is 6.54 Å². The molecule has 2 aromatic heterocycles. The normalized spacial score (nSPS) is 10.7. The fourth-order valence-corrected chi connectivity index (χ4v) is 3.53. The van der Waals surface area contributed by atoms with Crippen molar-refractivity contribution in [1.82, 2.24) is 4.98 Å². The van der Waals surface area contributed by atoms with E-state index in [1.165, 1.54) is 0 Å². The molecule has 0 aliphatic heterocycles. The van der Waals surface area contributed by atoms with Crippen molar-refractivity contribution in [3.63, 3.8) is 0 Å². The Hall–Kier alpha value is -1.99. The summed E-state index contributed by atoms with van der Waals surface area (Å²) in [6, 6.07) is 10.9. The Labute approximate surface area is 132 Å². The van der Waals surface area contributed by atoms with Crippen LogP contribution >= 0.6 is 27.3 Å². The molecule has 7 heteroatoms. The highest BCUT2D eigenvalue weighted by Crippen LogP contribution is 2.33. The molecule has 0 spiro atoms. The van der Waals surface area contributed by atoms with E-state index >= 15 is 0 Å². The van der Waals surface area contributed by atoms with Crippen LogP contribution in [0, 0.1) is 10.1 Å². The minimum atomic E-state index is -0.364. The third-order valence-corrected chi connectivity index (χ3v) is 4.64. The zero-order chi connectivity index (χ0) is 14.8. The molecule has 2 heterocycles. The third kappa shape index (κ3) is 2.88. The molecule has 1 aromatic carbocycles. The SMILES string of the molecule is O=[N+]([O-])c1c(NCc2ccc(Br)s2)ccc2ncccc12. The fourth-order valence-electron chi connectivity index (χ4n) is 2.11. The Morgan fingerprint density at radius 1 is 1.29 bits per heavy atom. The number of nitro groups is 1. The first-order chi connectivity index (χ1) is 10.1. The number of thiophene rings is 1. The molecule has 0 radical (unpaired) electrons. The summed E-state index contributed by atoms with van der Waals surface area (Å²) in [6.45, 7) is 0.545. The quantitative estimate of drug-likeness (QED) is 0.544. The Morgan fingerprint density at radius 2 is 2.14 bits per heavy atom. The van der Waals surface area contributed by atoms with Crippen molar-refractivity contribution < 1.29 is 4.92 Å². The Bertz CT molecular complexity index is 819. The molecule has 0 atom stereocenters. The lowest BCUT2D eigenvalue weighted by Crippen LogP contribution is -2.02. The zero-order valence-corrected chi connectivity index (χ0v) is 13.1. The second-order valence-corrected chi connectivity index (χ2v) is 6.90. The van der Waals surface area contributed by atoms with Crippen molar-refractivity contribution in [1.29, 1.82) is 0 Å². The Balaban J connectivity index is 1.97. The number of halogens is 1. The standard InChI is InChI=1S/C14H10BrN3O2S/c15-13-6-3-9(21-13)8-17-12-5-4-11-10(2-1-7-16-11)14(12)18(19)20/h1-7,17H,8H2. The summed E-state index contributed by atoms with van der Waals surface area (Å²) in [6.07, 6.45) is 1.63. The maximum Gasteiger partial charge on any atom is 0.301 e. The average molecular weight is 364 g/mol. The van der Waals surface area contributed by atoms with Gasteiger partial charge in [0, 0.05) is 17.6 Å². The molecule has 3 rings (SSSR count). The number of nitrogens with one attached hydrogen (secondary N) is 1. The summed E-state index contributed by atoms with van der Waals surface area (Å²) >= 11 is 5.00. The van der Waals surface area contributed by atoms with E-state index in [-0.39, 0.29) is 10.6 Å². The molecule has 0 saturated heterocycles. The highest BCUT2D eigenvalue weighted by molar-refractivity contribution is 9.11. The van der Waals surface area contributed by atoms with Crippen LogP contribution in [0.5, 0.6) is 0 Å². The Kier molecular flexibility index (Phi) is 3.85. The molecular formula is C14H10BrN3O2S. The van der Waals surface area contributed by atoms with Gasteiger partial charge in [-0.25, -0.2) is 0 Å². The number of hydrogen-bond donors (Lipinski definition) is 1. The molecule has 0 fully saturated rings. The molecule has 1 N–H and O–H groups in total. The molecule has 3 aromatic rings. The van der Waals surface area contributed by atoms with Crippen molar-refractivity contribution >= 4 is 49.5 Å². The number of nitrogens with zero attached hydrogens (tertiary/aromatic N) is 2. The van der Waals surface area contributed by atoms with Crippen LogP contribution in [0.2, 0.25) is 0 Å². The second kappa shape index (κ2) is 5.79.